The molecule has 11 heteroatoms. The molecule has 0 aliphatic rings. The van der Waals surface area contributed by atoms with E-state index in [-0.39, 0.29) is 50.2 Å². The molecule has 1 N–H and O–H groups in total. The number of anilines is 1. The Morgan fingerprint density at radius 2 is 1.65 bits per heavy atom. The number of benzene rings is 3. The van der Waals surface area contributed by atoms with Crippen LogP contribution >= 0.6 is 23.2 Å². The van der Waals surface area contributed by atoms with Gasteiger partial charge in [-0.1, -0.05) is 71.7 Å². The van der Waals surface area contributed by atoms with Gasteiger partial charge in [-0.2, -0.15) is 0 Å². The maximum absolute atomic E-state index is 14.0. The molecule has 0 radical (unpaired) electrons. The second kappa shape index (κ2) is 16.0. The molecule has 8 nitrogen and oxygen atoms in total. The van der Waals surface area contributed by atoms with Crippen LogP contribution in [0.2, 0.25) is 10.0 Å². The summed E-state index contributed by atoms with van der Waals surface area (Å²) in [6.45, 7) is 6.03. The van der Waals surface area contributed by atoms with E-state index >= 15 is 0 Å². The maximum Gasteiger partial charge on any atom is 0.243 e. The topological polar surface area (TPSA) is 96.0 Å². The first kappa shape index (κ1) is 34.2. The van der Waals surface area contributed by atoms with Crippen molar-refractivity contribution in [2.24, 2.45) is 0 Å². The Kier molecular flexibility index (Phi) is 12.7. The van der Waals surface area contributed by atoms with Crippen LogP contribution in [0.4, 0.5) is 5.69 Å². The van der Waals surface area contributed by atoms with Crippen molar-refractivity contribution in [3.8, 4) is 5.75 Å². The highest BCUT2D eigenvalue weighted by Crippen LogP contribution is 2.30. The van der Waals surface area contributed by atoms with E-state index < -0.39 is 16.1 Å². The third-order valence-corrected chi connectivity index (χ3v) is 8.41. The number of amides is 2. The van der Waals surface area contributed by atoms with Gasteiger partial charge in [0.15, 0.2) is 0 Å². The van der Waals surface area contributed by atoms with Gasteiger partial charge >= 0.3 is 0 Å². The van der Waals surface area contributed by atoms with Crippen molar-refractivity contribution >= 4 is 50.7 Å². The Balaban J connectivity index is 1.92. The predicted octanol–water partition coefficient (Wildman–Crippen LogP) is 6.10. The lowest BCUT2D eigenvalue weighted by Crippen LogP contribution is -2.51. The summed E-state index contributed by atoms with van der Waals surface area (Å²) in [6.07, 6.45) is 1.61. The van der Waals surface area contributed by atoms with Crippen molar-refractivity contribution in [3.63, 3.8) is 0 Å². The van der Waals surface area contributed by atoms with Crippen molar-refractivity contribution in [1.29, 1.82) is 0 Å². The molecule has 43 heavy (non-hydrogen) atoms. The molecule has 2 amide bonds. The van der Waals surface area contributed by atoms with Crippen LogP contribution in [0.3, 0.4) is 0 Å². The number of carbonyl (C=O) groups is 2. The second-order valence-electron chi connectivity index (χ2n) is 10.5. The quantitative estimate of drug-likeness (QED) is 0.215. The predicted molar refractivity (Wildman–Crippen MR) is 173 cm³/mol. The summed E-state index contributed by atoms with van der Waals surface area (Å²) in [6, 6.07) is 20.4. The summed E-state index contributed by atoms with van der Waals surface area (Å²) in [5, 5.41) is 3.79. The molecule has 0 saturated heterocycles. The van der Waals surface area contributed by atoms with E-state index in [1.807, 2.05) is 51.1 Å². The number of para-hydroxylation sites is 2. The minimum atomic E-state index is -3.68. The number of rotatable bonds is 15. The molecule has 232 valence electrons. The minimum absolute atomic E-state index is 0.00568. The largest absolute Gasteiger partial charge is 0.492 e. The number of sulfonamides is 1. The standard InChI is InChI=1S/C32H39Cl2N3O5S/c1-5-42-30-15-10-9-14-28(30)37(43(4,40)41)19-11-16-31(38)36(22-25-17-18-26(33)21-27(25)34)29(32(39)35-23(2)3)20-24-12-7-6-8-13-24/h6-10,12-15,17-18,21,23,29H,5,11,16,19-20,22H2,1-4H3,(H,35,39)/t29-/m0/s1. The molecule has 0 spiro atoms. The van der Waals surface area contributed by atoms with Gasteiger partial charge < -0.3 is 15.0 Å². The van der Waals surface area contributed by atoms with Gasteiger partial charge in [-0.25, -0.2) is 8.42 Å². The lowest BCUT2D eigenvalue weighted by Gasteiger charge is -2.32. The van der Waals surface area contributed by atoms with Crippen molar-refractivity contribution in [1.82, 2.24) is 10.2 Å². The lowest BCUT2D eigenvalue weighted by molar-refractivity contribution is -0.141. The van der Waals surface area contributed by atoms with Gasteiger partial charge in [-0.05, 0) is 62.6 Å². The first-order valence-electron chi connectivity index (χ1n) is 14.2. The third kappa shape index (κ3) is 10.2. The fourth-order valence-corrected chi connectivity index (χ4v) is 6.13. The average Bonchev–Trinajstić information content (AvgIpc) is 2.94. The molecule has 1 atom stereocenters. The van der Waals surface area contributed by atoms with Crippen LogP contribution in [0.1, 0.15) is 44.7 Å². The Labute approximate surface area is 265 Å². The summed E-state index contributed by atoms with van der Waals surface area (Å²) in [5.74, 6) is -0.160. The van der Waals surface area contributed by atoms with E-state index in [0.717, 1.165) is 11.8 Å². The summed E-state index contributed by atoms with van der Waals surface area (Å²) in [4.78, 5) is 29.1. The zero-order valence-electron chi connectivity index (χ0n) is 24.9. The zero-order valence-corrected chi connectivity index (χ0v) is 27.3. The zero-order chi connectivity index (χ0) is 31.6. The van der Waals surface area contributed by atoms with E-state index in [1.54, 1.807) is 42.5 Å². The van der Waals surface area contributed by atoms with Gasteiger partial charge in [0.2, 0.25) is 21.8 Å². The van der Waals surface area contributed by atoms with Gasteiger partial charge in [-0.3, -0.25) is 13.9 Å². The number of nitrogens with one attached hydrogen (secondary N) is 1. The van der Waals surface area contributed by atoms with Gasteiger partial charge in [0.1, 0.15) is 11.8 Å². The fraction of sp³-hybridized carbons (Fsp3) is 0.375. The number of nitrogens with zero attached hydrogens (tertiary/aromatic N) is 2. The van der Waals surface area contributed by atoms with Crippen molar-refractivity contribution in [2.45, 2.75) is 58.7 Å². The normalized spacial score (nSPS) is 12.1. The van der Waals surface area contributed by atoms with Gasteiger partial charge in [0, 0.05) is 42.0 Å². The highest BCUT2D eigenvalue weighted by Gasteiger charge is 2.31. The Morgan fingerprint density at radius 3 is 2.28 bits per heavy atom. The van der Waals surface area contributed by atoms with Crippen LogP contribution in [-0.4, -0.2) is 56.6 Å². The number of hydrogen-bond donors (Lipinski definition) is 1. The van der Waals surface area contributed by atoms with Crippen LogP contribution < -0.4 is 14.4 Å². The molecule has 0 fully saturated rings. The van der Waals surface area contributed by atoms with E-state index in [0.29, 0.717) is 33.7 Å². The van der Waals surface area contributed by atoms with Gasteiger partial charge in [0.05, 0.1) is 18.6 Å². The monoisotopic (exact) mass is 647 g/mol. The molecule has 0 heterocycles. The molecule has 3 aromatic rings. The summed E-state index contributed by atoms with van der Waals surface area (Å²) < 4.78 is 32.5. The Hall–Kier alpha value is -3.27. The van der Waals surface area contributed by atoms with Crippen LogP contribution in [0.25, 0.3) is 0 Å². The van der Waals surface area contributed by atoms with E-state index in [1.165, 1.54) is 9.21 Å². The molecule has 0 saturated carbocycles. The van der Waals surface area contributed by atoms with Crippen LogP contribution in [0.5, 0.6) is 5.75 Å². The van der Waals surface area contributed by atoms with Gasteiger partial charge in [0.25, 0.3) is 0 Å². The van der Waals surface area contributed by atoms with E-state index in [9.17, 15) is 18.0 Å². The van der Waals surface area contributed by atoms with Crippen LogP contribution in [-0.2, 0) is 32.6 Å². The molecule has 0 aliphatic carbocycles. The number of carbonyl (C=O) groups excluding carboxylic acids is 2. The summed E-state index contributed by atoms with van der Waals surface area (Å²) >= 11 is 12.6. The number of hydrogen-bond acceptors (Lipinski definition) is 5. The second-order valence-corrected chi connectivity index (χ2v) is 13.2. The maximum atomic E-state index is 14.0. The van der Waals surface area contributed by atoms with Gasteiger partial charge in [-0.15, -0.1) is 0 Å². The number of ether oxygens (including phenoxy) is 1. The van der Waals surface area contributed by atoms with E-state index in [4.69, 9.17) is 27.9 Å². The fourth-order valence-electron chi connectivity index (χ4n) is 4.69. The molecular formula is C32H39Cl2N3O5S. The molecule has 0 unspecified atom stereocenters. The Morgan fingerprint density at radius 1 is 0.977 bits per heavy atom. The molecule has 0 bridgehead atoms. The summed E-state index contributed by atoms with van der Waals surface area (Å²) in [5.41, 5.74) is 1.93. The highest BCUT2D eigenvalue weighted by atomic mass is 35.5. The summed E-state index contributed by atoms with van der Waals surface area (Å²) in [7, 11) is -3.68. The molecule has 0 aromatic heterocycles. The van der Waals surface area contributed by atoms with Crippen molar-refractivity contribution < 1.29 is 22.7 Å². The molecule has 3 rings (SSSR count). The smallest absolute Gasteiger partial charge is 0.243 e. The first-order valence-corrected chi connectivity index (χ1v) is 16.8. The van der Waals surface area contributed by atoms with Crippen molar-refractivity contribution in [2.75, 3.05) is 23.7 Å². The lowest BCUT2D eigenvalue weighted by atomic mass is 10.0. The van der Waals surface area contributed by atoms with Crippen LogP contribution in [0, 0.1) is 0 Å². The average molecular weight is 649 g/mol. The Bertz CT molecular complexity index is 1490. The third-order valence-electron chi connectivity index (χ3n) is 6.64. The molecular weight excluding hydrogens is 609 g/mol. The minimum Gasteiger partial charge on any atom is -0.492 e. The van der Waals surface area contributed by atoms with Crippen molar-refractivity contribution in [3.05, 3.63) is 94.0 Å². The van der Waals surface area contributed by atoms with E-state index in [2.05, 4.69) is 5.32 Å². The molecule has 0 aliphatic heterocycles. The molecule has 3 aromatic carbocycles. The highest BCUT2D eigenvalue weighted by molar-refractivity contribution is 7.92. The first-order chi connectivity index (χ1) is 20.4. The van der Waals surface area contributed by atoms with Crippen LogP contribution in [0.15, 0.2) is 72.8 Å². The SMILES string of the molecule is CCOc1ccccc1N(CCCC(=O)N(Cc1ccc(Cl)cc1Cl)[C@@H](Cc1ccccc1)C(=O)NC(C)C)S(C)(=O)=O. The number of halogens is 2.